The zero-order chi connectivity index (χ0) is 19.4. The van der Waals surface area contributed by atoms with Gasteiger partial charge >= 0.3 is 5.97 Å². The smallest absolute Gasteiger partial charge is 0.338 e. The molecule has 0 spiro atoms. The van der Waals surface area contributed by atoms with Gasteiger partial charge in [-0.3, -0.25) is 0 Å². The Bertz CT molecular complexity index is 914. The number of benzene rings is 2. The van der Waals surface area contributed by atoms with Crippen LogP contribution in [0.4, 0.5) is 0 Å². The summed E-state index contributed by atoms with van der Waals surface area (Å²) in [4.78, 5) is 12.4. The highest BCUT2D eigenvalue weighted by atomic mass is 35.5. The van der Waals surface area contributed by atoms with Crippen LogP contribution < -0.4 is 4.74 Å². The van der Waals surface area contributed by atoms with Gasteiger partial charge in [-0.1, -0.05) is 35.0 Å². The van der Waals surface area contributed by atoms with Crippen molar-refractivity contribution in [3.63, 3.8) is 0 Å². The van der Waals surface area contributed by atoms with Crippen LogP contribution in [-0.2, 0) is 11.3 Å². The van der Waals surface area contributed by atoms with E-state index in [4.69, 9.17) is 25.6 Å². The van der Waals surface area contributed by atoms with E-state index in [0.29, 0.717) is 22.9 Å². The molecule has 0 radical (unpaired) electrons. The van der Waals surface area contributed by atoms with Gasteiger partial charge < -0.3 is 14.0 Å². The maximum atomic E-state index is 12.4. The SMILES string of the molecule is Cc1noc(C)c1COc1ccc(C(=O)OC(C)c2ccccc2Cl)cc1. The van der Waals surface area contributed by atoms with E-state index < -0.39 is 12.1 Å². The summed E-state index contributed by atoms with van der Waals surface area (Å²) in [5.41, 5.74) is 2.94. The number of carbonyl (C=O) groups excluding carboxylic acids is 1. The van der Waals surface area contributed by atoms with Crippen molar-refractivity contribution in [2.45, 2.75) is 33.5 Å². The summed E-state index contributed by atoms with van der Waals surface area (Å²) >= 11 is 6.15. The maximum Gasteiger partial charge on any atom is 0.338 e. The summed E-state index contributed by atoms with van der Waals surface area (Å²) in [5.74, 6) is 0.964. The molecule has 0 aliphatic rings. The highest BCUT2D eigenvalue weighted by Crippen LogP contribution is 2.26. The molecule has 1 heterocycles. The Labute approximate surface area is 162 Å². The molecule has 3 aromatic rings. The first-order valence-corrected chi connectivity index (χ1v) is 8.93. The largest absolute Gasteiger partial charge is 0.489 e. The molecule has 0 saturated heterocycles. The van der Waals surface area contributed by atoms with Crippen LogP contribution in [0.2, 0.25) is 5.02 Å². The summed E-state index contributed by atoms with van der Waals surface area (Å²) in [5, 5.41) is 4.47. The molecule has 0 N–H and O–H groups in total. The molecule has 0 bridgehead atoms. The minimum absolute atomic E-state index is 0.356. The Morgan fingerprint density at radius 3 is 2.48 bits per heavy atom. The average Bonchev–Trinajstić information content (AvgIpc) is 2.98. The Balaban J connectivity index is 1.61. The van der Waals surface area contributed by atoms with Crippen molar-refractivity contribution in [1.29, 1.82) is 0 Å². The Morgan fingerprint density at radius 2 is 1.85 bits per heavy atom. The second-order valence-electron chi connectivity index (χ2n) is 6.18. The van der Waals surface area contributed by atoms with Gasteiger partial charge in [0.1, 0.15) is 24.2 Å². The molecule has 3 rings (SSSR count). The van der Waals surface area contributed by atoms with Crippen molar-refractivity contribution in [2.75, 3.05) is 0 Å². The number of hydrogen-bond donors (Lipinski definition) is 0. The van der Waals surface area contributed by atoms with E-state index >= 15 is 0 Å². The first kappa shape index (κ1) is 19.0. The molecular formula is C21H20ClNO4. The van der Waals surface area contributed by atoms with Gasteiger partial charge in [-0.25, -0.2) is 4.79 Å². The number of aryl methyl sites for hydroxylation is 2. The molecule has 0 aliphatic heterocycles. The second-order valence-corrected chi connectivity index (χ2v) is 6.59. The fourth-order valence-corrected chi connectivity index (χ4v) is 2.94. The average molecular weight is 386 g/mol. The molecule has 1 aromatic heterocycles. The van der Waals surface area contributed by atoms with Gasteiger partial charge in [-0.2, -0.15) is 0 Å². The van der Waals surface area contributed by atoms with E-state index in [0.717, 1.165) is 22.6 Å². The number of aromatic nitrogens is 1. The van der Waals surface area contributed by atoms with E-state index in [-0.39, 0.29) is 0 Å². The van der Waals surface area contributed by atoms with Gasteiger partial charge in [-0.05, 0) is 51.1 Å². The van der Waals surface area contributed by atoms with Crippen molar-refractivity contribution >= 4 is 17.6 Å². The highest BCUT2D eigenvalue weighted by Gasteiger charge is 2.16. The first-order chi connectivity index (χ1) is 13.0. The van der Waals surface area contributed by atoms with Crippen LogP contribution in [0.5, 0.6) is 5.75 Å². The Morgan fingerprint density at radius 1 is 1.15 bits per heavy atom. The number of esters is 1. The number of halogens is 1. The number of rotatable bonds is 6. The van der Waals surface area contributed by atoms with Gasteiger partial charge in [0.05, 0.1) is 16.8 Å². The van der Waals surface area contributed by atoms with Crippen LogP contribution in [0.3, 0.4) is 0 Å². The van der Waals surface area contributed by atoms with Crippen molar-refractivity contribution in [1.82, 2.24) is 5.16 Å². The quantitative estimate of drug-likeness (QED) is 0.528. The van der Waals surface area contributed by atoms with Gasteiger partial charge in [0, 0.05) is 10.6 Å². The molecule has 6 heteroatoms. The summed E-state index contributed by atoms with van der Waals surface area (Å²) in [6.07, 6.45) is -0.443. The van der Waals surface area contributed by atoms with Crippen molar-refractivity contribution in [3.05, 3.63) is 81.7 Å². The Kier molecular flexibility index (Phi) is 5.81. The minimum atomic E-state index is -0.443. The third-order valence-corrected chi connectivity index (χ3v) is 4.63. The second kappa shape index (κ2) is 8.27. The van der Waals surface area contributed by atoms with Crippen LogP contribution in [-0.4, -0.2) is 11.1 Å². The topological polar surface area (TPSA) is 61.6 Å². The minimum Gasteiger partial charge on any atom is -0.489 e. The molecule has 1 unspecified atom stereocenters. The molecule has 5 nitrogen and oxygen atoms in total. The van der Waals surface area contributed by atoms with Gasteiger partial charge in [-0.15, -0.1) is 0 Å². The molecule has 1 atom stereocenters. The van der Waals surface area contributed by atoms with Crippen LogP contribution in [0.15, 0.2) is 53.1 Å². The number of hydrogen-bond acceptors (Lipinski definition) is 5. The van der Waals surface area contributed by atoms with Crippen LogP contribution in [0, 0.1) is 13.8 Å². The normalized spacial score (nSPS) is 11.9. The molecule has 0 fully saturated rings. The van der Waals surface area contributed by atoms with Crippen LogP contribution in [0.25, 0.3) is 0 Å². The molecule has 140 valence electrons. The standard InChI is InChI=1S/C21H20ClNO4/c1-13-19(15(3)27-23-13)12-25-17-10-8-16(9-11-17)21(24)26-14(2)18-6-4-5-7-20(18)22/h4-11,14H,12H2,1-3H3. The Hall–Kier alpha value is -2.79. The highest BCUT2D eigenvalue weighted by molar-refractivity contribution is 6.31. The fourth-order valence-electron chi connectivity index (χ4n) is 2.65. The van der Waals surface area contributed by atoms with Crippen molar-refractivity contribution in [3.8, 4) is 5.75 Å². The lowest BCUT2D eigenvalue weighted by atomic mass is 10.1. The predicted molar refractivity (Wildman–Crippen MR) is 102 cm³/mol. The van der Waals surface area contributed by atoms with Crippen LogP contribution >= 0.6 is 11.6 Å². The molecule has 2 aromatic carbocycles. The van der Waals surface area contributed by atoms with Gasteiger partial charge in [0.15, 0.2) is 0 Å². The van der Waals surface area contributed by atoms with E-state index in [1.165, 1.54) is 0 Å². The third-order valence-electron chi connectivity index (χ3n) is 4.28. The van der Waals surface area contributed by atoms with Crippen LogP contribution in [0.1, 0.15) is 46.0 Å². The lowest BCUT2D eigenvalue weighted by Crippen LogP contribution is -2.09. The van der Waals surface area contributed by atoms with Crippen molar-refractivity contribution in [2.24, 2.45) is 0 Å². The molecule has 0 aliphatic carbocycles. The summed E-state index contributed by atoms with van der Waals surface area (Å²) in [6, 6.07) is 14.1. The van der Waals surface area contributed by atoms with E-state index in [1.807, 2.05) is 32.0 Å². The maximum absolute atomic E-state index is 12.4. The molecule has 27 heavy (non-hydrogen) atoms. The summed E-state index contributed by atoms with van der Waals surface area (Å²) in [6.45, 7) is 5.86. The monoisotopic (exact) mass is 385 g/mol. The zero-order valence-corrected chi connectivity index (χ0v) is 16.1. The first-order valence-electron chi connectivity index (χ1n) is 8.55. The van der Waals surface area contributed by atoms with Gasteiger partial charge in [0.25, 0.3) is 0 Å². The number of nitrogens with zero attached hydrogens (tertiary/aromatic N) is 1. The van der Waals surface area contributed by atoms with E-state index in [9.17, 15) is 4.79 Å². The molecular weight excluding hydrogens is 366 g/mol. The lowest BCUT2D eigenvalue weighted by molar-refractivity contribution is 0.0338. The third kappa shape index (κ3) is 4.49. The lowest BCUT2D eigenvalue weighted by Gasteiger charge is -2.15. The zero-order valence-electron chi connectivity index (χ0n) is 15.4. The summed E-state index contributed by atoms with van der Waals surface area (Å²) < 4.78 is 16.4. The predicted octanol–water partition coefficient (Wildman–Crippen LogP) is 5.44. The van der Waals surface area contributed by atoms with Crippen molar-refractivity contribution < 1.29 is 18.8 Å². The van der Waals surface area contributed by atoms with E-state index in [1.54, 1.807) is 37.3 Å². The molecule has 0 amide bonds. The fraction of sp³-hybridized carbons (Fsp3) is 0.238. The number of ether oxygens (including phenoxy) is 2. The summed E-state index contributed by atoms with van der Waals surface area (Å²) in [7, 11) is 0. The van der Waals surface area contributed by atoms with E-state index in [2.05, 4.69) is 5.16 Å². The van der Waals surface area contributed by atoms with Gasteiger partial charge in [0.2, 0.25) is 0 Å². The number of carbonyl (C=O) groups is 1. The molecule has 0 saturated carbocycles.